The van der Waals surface area contributed by atoms with Crippen LogP contribution in [0.4, 0.5) is 9.18 Å². The number of rotatable bonds is 5. The molecule has 0 radical (unpaired) electrons. The van der Waals surface area contributed by atoms with Crippen molar-refractivity contribution in [2.24, 2.45) is 0 Å². The van der Waals surface area contributed by atoms with E-state index in [0.29, 0.717) is 18.5 Å². The molecule has 0 unspecified atom stereocenters. The summed E-state index contributed by atoms with van der Waals surface area (Å²) in [4.78, 5) is 11.2. The Morgan fingerprint density at radius 1 is 1.31 bits per heavy atom. The zero-order valence-electron chi connectivity index (χ0n) is 8.87. The summed E-state index contributed by atoms with van der Waals surface area (Å²) in [7, 11) is 0. The second-order valence-electron chi connectivity index (χ2n) is 3.28. The molecule has 0 aliphatic rings. The van der Waals surface area contributed by atoms with E-state index in [1.54, 1.807) is 18.2 Å². The van der Waals surface area contributed by atoms with Gasteiger partial charge in [0.2, 0.25) is 0 Å². The Morgan fingerprint density at radius 3 is 2.75 bits per heavy atom. The first kappa shape index (κ1) is 12.4. The van der Waals surface area contributed by atoms with Crippen molar-refractivity contribution in [3.05, 3.63) is 35.6 Å². The van der Waals surface area contributed by atoms with E-state index >= 15 is 0 Å². The second kappa shape index (κ2) is 6.79. The van der Waals surface area contributed by atoms with Gasteiger partial charge in [0.05, 0.1) is 0 Å². The third-order valence-electron chi connectivity index (χ3n) is 2.02. The van der Waals surface area contributed by atoms with Crippen molar-refractivity contribution in [3.8, 4) is 0 Å². The average Bonchev–Trinajstić information content (AvgIpc) is 2.28. The number of hydrogen-bond donors (Lipinski definition) is 3. The van der Waals surface area contributed by atoms with Gasteiger partial charge in [0, 0.05) is 25.3 Å². The largest absolute Gasteiger partial charge is 0.396 e. The predicted molar refractivity (Wildman–Crippen MR) is 58.3 cm³/mol. The highest BCUT2D eigenvalue weighted by atomic mass is 19.1. The first-order valence-corrected chi connectivity index (χ1v) is 5.10. The van der Waals surface area contributed by atoms with Crippen LogP contribution in [0.2, 0.25) is 0 Å². The normalized spacial score (nSPS) is 9.88. The lowest BCUT2D eigenvalue weighted by atomic mass is 10.2. The van der Waals surface area contributed by atoms with E-state index < -0.39 is 0 Å². The summed E-state index contributed by atoms with van der Waals surface area (Å²) in [6.07, 6.45) is 0.507. The van der Waals surface area contributed by atoms with Gasteiger partial charge < -0.3 is 15.7 Å². The van der Waals surface area contributed by atoms with Gasteiger partial charge in [-0.2, -0.15) is 0 Å². The van der Waals surface area contributed by atoms with E-state index in [-0.39, 0.29) is 25.0 Å². The Morgan fingerprint density at radius 2 is 2.06 bits per heavy atom. The van der Waals surface area contributed by atoms with Gasteiger partial charge in [-0.25, -0.2) is 9.18 Å². The number of carbonyl (C=O) groups is 1. The van der Waals surface area contributed by atoms with Crippen LogP contribution in [0.25, 0.3) is 0 Å². The minimum atomic E-state index is -0.364. The lowest BCUT2D eigenvalue weighted by Gasteiger charge is -2.07. The molecule has 1 aromatic rings. The van der Waals surface area contributed by atoms with Gasteiger partial charge in [0.1, 0.15) is 5.82 Å². The van der Waals surface area contributed by atoms with Crippen LogP contribution in [0, 0.1) is 5.82 Å². The van der Waals surface area contributed by atoms with Crippen molar-refractivity contribution >= 4 is 6.03 Å². The number of urea groups is 1. The first-order valence-electron chi connectivity index (χ1n) is 5.10. The molecule has 4 nitrogen and oxygen atoms in total. The summed E-state index contributed by atoms with van der Waals surface area (Å²) in [6.45, 7) is 0.588. The lowest BCUT2D eigenvalue weighted by molar-refractivity contribution is 0.237. The molecule has 1 aromatic carbocycles. The third kappa shape index (κ3) is 4.27. The Balaban J connectivity index is 2.29. The van der Waals surface area contributed by atoms with Crippen molar-refractivity contribution in [1.29, 1.82) is 0 Å². The van der Waals surface area contributed by atoms with E-state index in [1.807, 2.05) is 0 Å². The fraction of sp³-hybridized carbons (Fsp3) is 0.364. The van der Waals surface area contributed by atoms with Gasteiger partial charge in [0.15, 0.2) is 0 Å². The molecule has 0 atom stereocenters. The Kier molecular flexibility index (Phi) is 5.28. The summed E-state index contributed by atoms with van der Waals surface area (Å²) in [6, 6.07) is 5.91. The number of aliphatic hydroxyl groups excluding tert-OH is 1. The Hall–Kier alpha value is -1.62. The summed E-state index contributed by atoms with van der Waals surface area (Å²) in [5, 5.41) is 13.6. The highest BCUT2D eigenvalue weighted by Crippen LogP contribution is 2.04. The van der Waals surface area contributed by atoms with Crippen LogP contribution in [-0.2, 0) is 6.54 Å². The van der Waals surface area contributed by atoms with Gasteiger partial charge in [0.25, 0.3) is 0 Å². The maximum atomic E-state index is 13.1. The molecule has 0 bridgehead atoms. The van der Waals surface area contributed by atoms with Gasteiger partial charge in [-0.3, -0.25) is 0 Å². The Bertz CT molecular complexity index is 345. The highest BCUT2D eigenvalue weighted by Gasteiger charge is 2.02. The molecule has 0 saturated carbocycles. The van der Waals surface area contributed by atoms with Crippen LogP contribution in [0.3, 0.4) is 0 Å². The molecule has 0 fully saturated rings. The second-order valence-corrected chi connectivity index (χ2v) is 3.28. The van der Waals surface area contributed by atoms with Gasteiger partial charge in [-0.15, -0.1) is 0 Å². The molecule has 0 saturated heterocycles. The van der Waals surface area contributed by atoms with Crippen molar-refractivity contribution in [2.75, 3.05) is 13.2 Å². The fourth-order valence-electron chi connectivity index (χ4n) is 1.16. The Labute approximate surface area is 93.5 Å². The zero-order chi connectivity index (χ0) is 11.8. The van der Waals surface area contributed by atoms with Crippen LogP contribution < -0.4 is 10.6 Å². The lowest BCUT2D eigenvalue weighted by Crippen LogP contribution is -2.35. The van der Waals surface area contributed by atoms with Crippen molar-refractivity contribution in [3.63, 3.8) is 0 Å². The van der Waals surface area contributed by atoms with Crippen LogP contribution >= 0.6 is 0 Å². The molecule has 2 amide bonds. The third-order valence-corrected chi connectivity index (χ3v) is 2.02. The number of benzene rings is 1. The fourth-order valence-corrected chi connectivity index (χ4v) is 1.16. The molecule has 0 aromatic heterocycles. The van der Waals surface area contributed by atoms with Crippen LogP contribution in [0.15, 0.2) is 24.3 Å². The maximum Gasteiger partial charge on any atom is 0.315 e. The topological polar surface area (TPSA) is 61.4 Å². The summed E-state index contributed by atoms with van der Waals surface area (Å²) in [5.41, 5.74) is 0.444. The molecule has 0 aliphatic heterocycles. The van der Waals surface area contributed by atoms with Crippen LogP contribution in [0.5, 0.6) is 0 Å². The monoisotopic (exact) mass is 226 g/mol. The van der Waals surface area contributed by atoms with Gasteiger partial charge >= 0.3 is 6.03 Å². The first-order chi connectivity index (χ1) is 7.74. The zero-order valence-corrected chi connectivity index (χ0v) is 8.87. The van der Waals surface area contributed by atoms with Gasteiger partial charge in [-0.05, 0) is 12.5 Å². The van der Waals surface area contributed by atoms with Crippen molar-refractivity contribution < 1.29 is 14.3 Å². The van der Waals surface area contributed by atoms with Gasteiger partial charge in [-0.1, -0.05) is 18.2 Å². The maximum absolute atomic E-state index is 13.1. The number of halogens is 1. The number of aliphatic hydroxyl groups is 1. The van der Waals surface area contributed by atoms with Crippen molar-refractivity contribution in [2.45, 2.75) is 13.0 Å². The highest BCUT2D eigenvalue weighted by molar-refractivity contribution is 5.73. The van der Waals surface area contributed by atoms with Crippen LogP contribution in [-0.4, -0.2) is 24.3 Å². The quantitative estimate of drug-likeness (QED) is 0.656. The SMILES string of the molecule is O=C(NCCCO)NCc1ccccc1F. The average molecular weight is 226 g/mol. The number of nitrogens with one attached hydrogen (secondary N) is 2. The van der Waals surface area contributed by atoms with E-state index in [1.165, 1.54) is 6.07 Å². The number of amides is 2. The predicted octanol–water partition coefficient (Wildman–Crippen LogP) is 1.01. The standard InChI is InChI=1S/C11H15FN2O2/c12-10-5-2-1-4-9(10)8-14-11(16)13-6-3-7-15/h1-2,4-5,15H,3,6-8H2,(H2,13,14,16). The summed E-state index contributed by atoms with van der Waals surface area (Å²) >= 11 is 0. The molecule has 0 heterocycles. The summed E-state index contributed by atoms with van der Waals surface area (Å²) < 4.78 is 13.1. The van der Waals surface area contributed by atoms with E-state index in [2.05, 4.69) is 10.6 Å². The molecule has 0 spiro atoms. The van der Waals surface area contributed by atoms with Crippen LogP contribution in [0.1, 0.15) is 12.0 Å². The minimum Gasteiger partial charge on any atom is -0.396 e. The smallest absolute Gasteiger partial charge is 0.315 e. The molecule has 16 heavy (non-hydrogen) atoms. The van der Waals surface area contributed by atoms with E-state index in [0.717, 1.165) is 0 Å². The van der Waals surface area contributed by atoms with E-state index in [4.69, 9.17) is 5.11 Å². The minimum absolute atomic E-state index is 0.0353. The number of hydrogen-bond acceptors (Lipinski definition) is 2. The summed E-state index contributed by atoms with van der Waals surface area (Å²) in [5.74, 6) is -0.335. The molecule has 5 heteroatoms. The molecular weight excluding hydrogens is 211 g/mol. The molecule has 3 N–H and O–H groups in total. The molecule has 88 valence electrons. The van der Waals surface area contributed by atoms with E-state index in [9.17, 15) is 9.18 Å². The molecular formula is C11H15FN2O2. The molecule has 1 rings (SSSR count). The molecule has 0 aliphatic carbocycles. The number of carbonyl (C=O) groups excluding carboxylic acids is 1. The van der Waals surface area contributed by atoms with Crippen molar-refractivity contribution in [1.82, 2.24) is 10.6 Å².